The van der Waals surface area contributed by atoms with Crippen LogP contribution in [0.3, 0.4) is 0 Å². The van der Waals surface area contributed by atoms with Gasteiger partial charge in [0.05, 0.1) is 25.9 Å². The van der Waals surface area contributed by atoms with Crippen LogP contribution < -0.4 is 5.73 Å². The molecule has 78 valence electrons. The van der Waals surface area contributed by atoms with Crippen molar-refractivity contribution in [2.75, 3.05) is 19.8 Å². The normalized spacial score (nSPS) is 24.9. The zero-order chi connectivity index (χ0) is 9.97. The minimum absolute atomic E-state index is 0.0156. The summed E-state index contributed by atoms with van der Waals surface area (Å²) in [6.07, 6.45) is 0.0156. The van der Waals surface area contributed by atoms with Crippen molar-refractivity contribution in [3.63, 3.8) is 0 Å². The molecule has 4 heteroatoms. The second-order valence-electron chi connectivity index (χ2n) is 3.46. The summed E-state index contributed by atoms with van der Waals surface area (Å²) in [6, 6.07) is 4.11. The highest BCUT2D eigenvalue weighted by atomic mass is 32.1. The molecule has 1 aromatic heterocycles. The average molecular weight is 213 g/mol. The highest BCUT2D eigenvalue weighted by Gasteiger charge is 2.24. The lowest BCUT2D eigenvalue weighted by Gasteiger charge is -2.27. The summed E-state index contributed by atoms with van der Waals surface area (Å²) >= 11 is 1.73. The van der Waals surface area contributed by atoms with Crippen LogP contribution in [0.25, 0.3) is 0 Å². The molecule has 2 atom stereocenters. The van der Waals surface area contributed by atoms with E-state index in [-0.39, 0.29) is 12.1 Å². The molecule has 0 amide bonds. The van der Waals surface area contributed by atoms with Gasteiger partial charge in [-0.3, -0.25) is 0 Å². The van der Waals surface area contributed by atoms with Gasteiger partial charge in [-0.15, -0.1) is 11.3 Å². The lowest BCUT2D eigenvalue weighted by Crippen LogP contribution is -2.37. The fraction of sp³-hybridized carbons (Fsp3) is 0.600. The summed E-state index contributed by atoms with van der Waals surface area (Å²) in [6.45, 7) is 4.03. The third-order valence-electron chi connectivity index (χ3n) is 2.33. The molecule has 14 heavy (non-hydrogen) atoms. The monoisotopic (exact) mass is 213 g/mol. The molecule has 1 fully saturated rings. The maximum Gasteiger partial charge on any atom is 0.101 e. The van der Waals surface area contributed by atoms with Crippen LogP contribution in [-0.4, -0.2) is 25.9 Å². The molecule has 1 aliphatic rings. The molecule has 3 nitrogen and oxygen atoms in total. The van der Waals surface area contributed by atoms with Gasteiger partial charge in [0.1, 0.15) is 6.10 Å². The molecular weight excluding hydrogens is 198 g/mol. The van der Waals surface area contributed by atoms with Gasteiger partial charge >= 0.3 is 0 Å². The van der Waals surface area contributed by atoms with E-state index in [9.17, 15) is 0 Å². The van der Waals surface area contributed by atoms with Crippen LogP contribution in [0.1, 0.15) is 15.8 Å². The number of aryl methyl sites for hydroxylation is 1. The smallest absolute Gasteiger partial charge is 0.101 e. The highest BCUT2D eigenvalue weighted by Crippen LogP contribution is 2.25. The van der Waals surface area contributed by atoms with Crippen molar-refractivity contribution in [2.45, 2.75) is 19.1 Å². The number of nitrogens with two attached hydrogens (primary N) is 1. The Balaban J connectivity index is 2.03. The third kappa shape index (κ3) is 2.15. The van der Waals surface area contributed by atoms with Gasteiger partial charge in [-0.05, 0) is 19.1 Å². The van der Waals surface area contributed by atoms with E-state index < -0.39 is 0 Å². The number of ether oxygens (including phenoxy) is 2. The first kappa shape index (κ1) is 10.1. The molecule has 0 aliphatic carbocycles. The summed E-state index contributed by atoms with van der Waals surface area (Å²) in [7, 11) is 0. The molecule has 2 unspecified atom stereocenters. The van der Waals surface area contributed by atoms with Crippen LogP contribution in [0, 0.1) is 6.92 Å². The Morgan fingerprint density at radius 1 is 1.50 bits per heavy atom. The van der Waals surface area contributed by atoms with Gasteiger partial charge in [0.2, 0.25) is 0 Å². The number of thiophene rings is 1. The zero-order valence-corrected chi connectivity index (χ0v) is 9.05. The number of hydrogen-bond acceptors (Lipinski definition) is 4. The Bertz CT molecular complexity index is 294. The summed E-state index contributed by atoms with van der Waals surface area (Å²) < 4.78 is 10.9. The summed E-state index contributed by atoms with van der Waals surface area (Å²) in [4.78, 5) is 2.46. The lowest BCUT2D eigenvalue weighted by molar-refractivity contribution is -0.0971. The SMILES string of the molecule is Cc1ccc(C(N)C2COCCO2)s1. The molecular formula is C10H15NO2S. The third-order valence-corrected chi connectivity index (χ3v) is 3.43. The fourth-order valence-corrected chi connectivity index (χ4v) is 2.46. The predicted octanol–water partition coefficient (Wildman–Crippen LogP) is 1.47. The summed E-state index contributed by atoms with van der Waals surface area (Å²) in [5.41, 5.74) is 6.09. The first-order valence-corrected chi connectivity index (χ1v) is 5.60. The molecule has 1 saturated heterocycles. The Labute approximate surface area is 87.8 Å². The molecule has 0 aromatic carbocycles. The van der Waals surface area contributed by atoms with Gasteiger partial charge < -0.3 is 15.2 Å². The standard InChI is InChI=1S/C10H15NO2S/c1-7-2-3-9(14-7)10(11)8-6-12-4-5-13-8/h2-3,8,10H,4-6,11H2,1H3. The molecule has 1 aliphatic heterocycles. The maximum atomic E-state index is 6.09. The van der Waals surface area contributed by atoms with Gasteiger partial charge in [-0.25, -0.2) is 0 Å². The molecule has 1 aromatic rings. The molecule has 2 heterocycles. The molecule has 0 bridgehead atoms. The zero-order valence-electron chi connectivity index (χ0n) is 8.23. The van der Waals surface area contributed by atoms with Crippen molar-refractivity contribution in [3.8, 4) is 0 Å². The van der Waals surface area contributed by atoms with Crippen molar-refractivity contribution in [2.24, 2.45) is 5.73 Å². The number of rotatable bonds is 2. The van der Waals surface area contributed by atoms with E-state index in [4.69, 9.17) is 15.2 Å². The van der Waals surface area contributed by atoms with Crippen LogP contribution in [0.2, 0.25) is 0 Å². The van der Waals surface area contributed by atoms with Gasteiger partial charge in [0.15, 0.2) is 0 Å². The van der Waals surface area contributed by atoms with Gasteiger partial charge in [-0.2, -0.15) is 0 Å². The Hall–Kier alpha value is -0.420. The van der Waals surface area contributed by atoms with Crippen molar-refractivity contribution in [1.29, 1.82) is 0 Å². The van der Waals surface area contributed by atoms with Crippen molar-refractivity contribution >= 4 is 11.3 Å². The van der Waals surface area contributed by atoms with Crippen LogP contribution in [-0.2, 0) is 9.47 Å². The molecule has 0 spiro atoms. The molecule has 0 radical (unpaired) electrons. The quantitative estimate of drug-likeness (QED) is 0.809. The van der Waals surface area contributed by atoms with Crippen molar-refractivity contribution < 1.29 is 9.47 Å². The Kier molecular flexibility index (Phi) is 3.18. The van der Waals surface area contributed by atoms with E-state index in [2.05, 4.69) is 19.1 Å². The lowest BCUT2D eigenvalue weighted by atomic mass is 10.1. The van der Waals surface area contributed by atoms with Crippen LogP contribution in [0.15, 0.2) is 12.1 Å². The van der Waals surface area contributed by atoms with Crippen molar-refractivity contribution in [1.82, 2.24) is 0 Å². The van der Waals surface area contributed by atoms with Crippen LogP contribution >= 0.6 is 11.3 Å². The fourth-order valence-electron chi connectivity index (χ4n) is 1.53. The first-order valence-electron chi connectivity index (χ1n) is 4.78. The molecule has 2 rings (SSSR count). The Morgan fingerprint density at radius 2 is 2.36 bits per heavy atom. The van der Waals surface area contributed by atoms with E-state index in [1.54, 1.807) is 11.3 Å². The van der Waals surface area contributed by atoms with Gasteiger partial charge in [0.25, 0.3) is 0 Å². The Morgan fingerprint density at radius 3 is 2.93 bits per heavy atom. The second kappa shape index (κ2) is 4.40. The predicted molar refractivity (Wildman–Crippen MR) is 56.5 cm³/mol. The summed E-state index contributed by atoms with van der Waals surface area (Å²) in [5, 5.41) is 0. The summed E-state index contributed by atoms with van der Waals surface area (Å²) in [5.74, 6) is 0. The van der Waals surface area contributed by atoms with Gasteiger partial charge in [-0.1, -0.05) is 0 Å². The maximum absolute atomic E-state index is 6.09. The highest BCUT2D eigenvalue weighted by molar-refractivity contribution is 7.12. The van der Waals surface area contributed by atoms with Crippen LogP contribution in [0.4, 0.5) is 0 Å². The largest absolute Gasteiger partial charge is 0.376 e. The van der Waals surface area contributed by atoms with Crippen LogP contribution in [0.5, 0.6) is 0 Å². The van der Waals surface area contributed by atoms with Crippen molar-refractivity contribution in [3.05, 3.63) is 21.9 Å². The minimum atomic E-state index is -0.0472. The molecule has 2 N–H and O–H groups in total. The van der Waals surface area contributed by atoms with E-state index >= 15 is 0 Å². The number of hydrogen-bond donors (Lipinski definition) is 1. The minimum Gasteiger partial charge on any atom is -0.376 e. The average Bonchev–Trinajstić information content (AvgIpc) is 2.65. The first-order chi connectivity index (χ1) is 6.77. The molecule has 0 saturated carbocycles. The van der Waals surface area contributed by atoms with E-state index in [1.807, 2.05) is 0 Å². The van der Waals surface area contributed by atoms with E-state index in [1.165, 1.54) is 9.75 Å². The topological polar surface area (TPSA) is 44.5 Å². The van der Waals surface area contributed by atoms with E-state index in [0.717, 1.165) is 0 Å². The van der Waals surface area contributed by atoms with Gasteiger partial charge in [0, 0.05) is 9.75 Å². The second-order valence-corrected chi connectivity index (χ2v) is 4.78. The van der Waals surface area contributed by atoms with E-state index in [0.29, 0.717) is 19.8 Å².